The van der Waals surface area contributed by atoms with Gasteiger partial charge in [0.15, 0.2) is 0 Å². The molecule has 0 bridgehead atoms. The Kier molecular flexibility index (Phi) is 4.65. The first-order valence-electron chi connectivity index (χ1n) is 6.08. The predicted octanol–water partition coefficient (Wildman–Crippen LogP) is 3.34. The van der Waals surface area contributed by atoms with Crippen LogP contribution in [0.3, 0.4) is 0 Å². The molecule has 104 valence electrons. The average molecular weight is 309 g/mol. The molecule has 0 aromatic heterocycles. The average Bonchev–Trinajstić information content (AvgIpc) is 2.58. The summed E-state index contributed by atoms with van der Waals surface area (Å²) < 4.78 is 0. The third-order valence-electron chi connectivity index (χ3n) is 3.03. The van der Waals surface area contributed by atoms with Crippen LogP contribution in [0.15, 0.2) is 53.5 Å². The van der Waals surface area contributed by atoms with Crippen molar-refractivity contribution in [2.24, 2.45) is 4.99 Å². The van der Waals surface area contributed by atoms with Crippen LogP contribution in [0.2, 0.25) is 5.02 Å². The van der Waals surface area contributed by atoms with Crippen LogP contribution in [0, 0.1) is 0 Å². The number of aliphatic hydroxyl groups excluding tert-OH is 1. The molecule has 3 rings (SSSR count). The van der Waals surface area contributed by atoms with E-state index in [1.165, 1.54) is 0 Å². The summed E-state index contributed by atoms with van der Waals surface area (Å²) in [6.07, 6.45) is -0.680. The summed E-state index contributed by atoms with van der Waals surface area (Å²) in [5.41, 5.74) is 3.62. The van der Waals surface area contributed by atoms with E-state index in [1.807, 2.05) is 42.5 Å². The molecule has 2 N–H and O–H groups in total. The molecule has 2 aromatic rings. The van der Waals surface area contributed by atoms with E-state index >= 15 is 0 Å². The maximum absolute atomic E-state index is 9.82. The summed E-state index contributed by atoms with van der Waals surface area (Å²) in [7, 11) is 0. The van der Waals surface area contributed by atoms with Crippen LogP contribution in [0.1, 0.15) is 11.1 Å². The Hall–Kier alpha value is -1.55. The van der Waals surface area contributed by atoms with Crippen molar-refractivity contribution >= 4 is 35.4 Å². The van der Waals surface area contributed by atoms with Crippen LogP contribution in [-0.2, 0) is 0 Å². The number of hydrogen-bond donors (Lipinski definition) is 2. The van der Waals surface area contributed by atoms with Crippen molar-refractivity contribution in [3.8, 4) is 0 Å². The van der Waals surface area contributed by atoms with Crippen LogP contribution >= 0.6 is 24.0 Å². The first-order valence-corrected chi connectivity index (χ1v) is 6.46. The standard InChI is InChI=1S/C15H13ClN2O.ClH/c16-11-6-7-13-12(8-11)15(17-9-14(19)18-13)10-4-2-1-3-5-10;/h1-8,14,18-19H,9H2;1H. The minimum absolute atomic E-state index is 0. The molecular weight excluding hydrogens is 295 g/mol. The van der Waals surface area contributed by atoms with Crippen molar-refractivity contribution in [1.82, 2.24) is 0 Å². The molecule has 0 saturated carbocycles. The number of halogens is 2. The molecule has 20 heavy (non-hydrogen) atoms. The lowest BCUT2D eigenvalue weighted by Crippen LogP contribution is -2.20. The lowest BCUT2D eigenvalue weighted by molar-refractivity contribution is 0.213. The van der Waals surface area contributed by atoms with Gasteiger partial charge in [-0.15, -0.1) is 12.4 Å². The summed E-state index contributed by atoms with van der Waals surface area (Å²) in [5.74, 6) is 0. The van der Waals surface area contributed by atoms with Gasteiger partial charge in [0, 0.05) is 21.8 Å². The van der Waals surface area contributed by atoms with E-state index in [0.717, 1.165) is 22.5 Å². The molecule has 0 radical (unpaired) electrons. The van der Waals surface area contributed by atoms with Gasteiger partial charge in [0.2, 0.25) is 0 Å². The van der Waals surface area contributed by atoms with Crippen LogP contribution in [0.4, 0.5) is 5.69 Å². The molecule has 1 heterocycles. The SMILES string of the molecule is Cl.OC1CN=C(c2ccccc2)c2cc(Cl)ccc2N1. The molecule has 5 heteroatoms. The van der Waals surface area contributed by atoms with Gasteiger partial charge in [-0.25, -0.2) is 0 Å². The second kappa shape index (κ2) is 6.27. The van der Waals surface area contributed by atoms with Gasteiger partial charge in [-0.1, -0.05) is 41.9 Å². The number of rotatable bonds is 1. The number of aliphatic hydroxyl groups is 1. The molecule has 0 aliphatic carbocycles. The lowest BCUT2D eigenvalue weighted by Gasteiger charge is -2.12. The van der Waals surface area contributed by atoms with Gasteiger partial charge >= 0.3 is 0 Å². The van der Waals surface area contributed by atoms with Crippen molar-refractivity contribution in [1.29, 1.82) is 0 Å². The number of anilines is 1. The zero-order chi connectivity index (χ0) is 13.2. The lowest BCUT2D eigenvalue weighted by atomic mass is 10.0. The number of nitrogens with one attached hydrogen (secondary N) is 1. The Bertz CT molecular complexity index is 629. The van der Waals surface area contributed by atoms with E-state index in [4.69, 9.17) is 11.6 Å². The van der Waals surface area contributed by atoms with Crippen molar-refractivity contribution in [2.75, 3.05) is 11.9 Å². The molecule has 1 aliphatic rings. The fraction of sp³-hybridized carbons (Fsp3) is 0.133. The van der Waals surface area contributed by atoms with Crippen LogP contribution < -0.4 is 5.32 Å². The molecular formula is C15H14Cl2N2O. The smallest absolute Gasteiger partial charge is 0.144 e. The Labute approximate surface area is 128 Å². The summed E-state index contributed by atoms with van der Waals surface area (Å²) in [5, 5.41) is 13.5. The minimum atomic E-state index is -0.680. The fourth-order valence-electron chi connectivity index (χ4n) is 2.17. The molecule has 1 aliphatic heterocycles. The Morgan fingerprint density at radius 2 is 1.90 bits per heavy atom. The van der Waals surface area contributed by atoms with Crippen LogP contribution in [0.5, 0.6) is 0 Å². The van der Waals surface area contributed by atoms with E-state index in [0.29, 0.717) is 11.6 Å². The zero-order valence-corrected chi connectivity index (χ0v) is 12.2. The number of hydrogen-bond acceptors (Lipinski definition) is 3. The number of fused-ring (bicyclic) bond motifs is 1. The molecule has 3 nitrogen and oxygen atoms in total. The van der Waals surface area contributed by atoms with Crippen molar-refractivity contribution in [3.63, 3.8) is 0 Å². The number of benzodiazepines with no additional fused rings is 1. The quantitative estimate of drug-likeness (QED) is 0.848. The summed E-state index contributed by atoms with van der Waals surface area (Å²) >= 11 is 6.07. The van der Waals surface area contributed by atoms with Gasteiger partial charge in [0.05, 0.1) is 12.3 Å². The predicted molar refractivity (Wildman–Crippen MR) is 85.3 cm³/mol. The van der Waals surface area contributed by atoms with Crippen LogP contribution in [0.25, 0.3) is 0 Å². The normalized spacial score (nSPS) is 17.1. The highest BCUT2D eigenvalue weighted by molar-refractivity contribution is 6.31. The topological polar surface area (TPSA) is 44.6 Å². The Morgan fingerprint density at radius 3 is 2.65 bits per heavy atom. The molecule has 0 spiro atoms. The molecule has 2 aromatic carbocycles. The maximum Gasteiger partial charge on any atom is 0.144 e. The van der Waals surface area contributed by atoms with E-state index in [9.17, 15) is 5.11 Å². The van der Waals surface area contributed by atoms with Gasteiger partial charge in [-0.2, -0.15) is 0 Å². The zero-order valence-electron chi connectivity index (χ0n) is 10.6. The summed E-state index contributed by atoms with van der Waals surface area (Å²) in [6, 6.07) is 15.4. The first-order chi connectivity index (χ1) is 9.24. The number of aliphatic imine (C=N–C) groups is 1. The number of nitrogens with zero attached hydrogens (tertiary/aromatic N) is 1. The Morgan fingerprint density at radius 1 is 1.15 bits per heavy atom. The second-order valence-electron chi connectivity index (χ2n) is 4.41. The van der Waals surface area contributed by atoms with Crippen molar-refractivity contribution < 1.29 is 5.11 Å². The van der Waals surface area contributed by atoms with Crippen molar-refractivity contribution in [2.45, 2.75) is 6.23 Å². The fourth-order valence-corrected chi connectivity index (χ4v) is 2.34. The molecule has 1 unspecified atom stereocenters. The third-order valence-corrected chi connectivity index (χ3v) is 3.26. The highest BCUT2D eigenvalue weighted by Crippen LogP contribution is 2.26. The van der Waals surface area contributed by atoms with Gasteiger partial charge in [-0.05, 0) is 18.2 Å². The molecule has 0 fully saturated rings. The minimum Gasteiger partial charge on any atom is -0.372 e. The van der Waals surface area contributed by atoms with Gasteiger partial charge in [-0.3, -0.25) is 4.99 Å². The van der Waals surface area contributed by atoms with Gasteiger partial charge in [0.25, 0.3) is 0 Å². The molecule has 0 saturated heterocycles. The summed E-state index contributed by atoms with van der Waals surface area (Å²) in [6.45, 7) is 0.316. The maximum atomic E-state index is 9.82. The highest BCUT2D eigenvalue weighted by atomic mass is 35.5. The van der Waals surface area contributed by atoms with Gasteiger partial charge < -0.3 is 10.4 Å². The highest BCUT2D eigenvalue weighted by Gasteiger charge is 2.18. The van der Waals surface area contributed by atoms with E-state index in [-0.39, 0.29) is 12.4 Å². The molecule has 1 atom stereocenters. The first kappa shape index (κ1) is 14.9. The monoisotopic (exact) mass is 308 g/mol. The van der Waals surface area contributed by atoms with Crippen LogP contribution in [-0.4, -0.2) is 23.6 Å². The van der Waals surface area contributed by atoms with E-state index in [1.54, 1.807) is 6.07 Å². The second-order valence-corrected chi connectivity index (χ2v) is 4.84. The van der Waals surface area contributed by atoms with Gasteiger partial charge in [0.1, 0.15) is 6.23 Å². The summed E-state index contributed by atoms with van der Waals surface area (Å²) in [4.78, 5) is 4.50. The Balaban J connectivity index is 0.00000147. The van der Waals surface area contributed by atoms with Crippen molar-refractivity contribution in [3.05, 3.63) is 64.7 Å². The van der Waals surface area contributed by atoms with E-state index < -0.39 is 6.23 Å². The largest absolute Gasteiger partial charge is 0.372 e. The molecule has 0 amide bonds. The number of benzene rings is 2. The third kappa shape index (κ3) is 2.96. The van der Waals surface area contributed by atoms with E-state index in [2.05, 4.69) is 10.3 Å².